The second-order valence-corrected chi connectivity index (χ2v) is 2.71. The van der Waals surface area contributed by atoms with E-state index in [9.17, 15) is 0 Å². The SMILES string of the molecule is C#CCC1=CSCC=C1. The summed E-state index contributed by atoms with van der Waals surface area (Å²) in [6.45, 7) is 0. The van der Waals surface area contributed by atoms with Gasteiger partial charge >= 0.3 is 0 Å². The van der Waals surface area contributed by atoms with Gasteiger partial charge in [0.05, 0.1) is 0 Å². The summed E-state index contributed by atoms with van der Waals surface area (Å²) in [6, 6.07) is 0. The Morgan fingerprint density at radius 2 is 2.67 bits per heavy atom. The van der Waals surface area contributed by atoms with Crippen LogP contribution in [0.2, 0.25) is 0 Å². The molecule has 46 valence electrons. The molecule has 0 bridgehead atoms. The van der Waals surface area contributed by atoms with Crippen molar-refractivity contribution in [3.63, 3.8) is 0 Å². The zero-order valence-corrected chi connectivity index (χ0v) is 5.95. The minimum absolute atomic E-state index is 0.767. The first kappa shape index (κ1) is 6.51. The predicted molar refractivity (Wildman–Crippen MR) is 43.1 cm³/mol. The van der Waals surface area contributed by atoms with Crippen molar-refractivity contribution >= 4 is 11.8 Å². The van der Waals surface area contributed by atoms with Crippen molar-refractivity contribution in [2.75, 3.05) is 5.75 Å². The molecule has 0 spiro atoms. The molecule has 1 heterocycles. The number of thioether (sulfide) groups is 1. The number of terminal acetylenes is 1. The first-order valence-corrected chi connectivity index (χ1v) is 3.89. The summed E-state index contributed by atoms with van der Waals surface area (Å²) < 4.78 is 0. The summed E-state index contributed by atoms with van der Waals surface area (Å²) in [7, 11) is 0. The van der Waals surface area contributed by atoms with Gasteiger partial charge in [0.25, 0.3) is 0 Å². The predicted octanol–water partition coefficient (Wildman–Crippen LogP) is 2.20. The molecule has 9 heavy (non-hydrogen) atoms. The van der Waals surface area contributed by atoms with Crippen molar-refractivity contribution in [2.24, 2.45) is 0 Å². The van der Waals surface area contributed by atoms with Crippen LogP contribution in [-0.4, -0.2) is 5.75 Å². The van der Waals surface area contributed by atoms with Crippen molar-refractivity contribution < 1.29 is 0 Å². The summed E-state index contributed by atoms with van der Waals surface area (Å²) in [6.07, 6.45) is 10.1. The van der Waals surface area contributed by atoms with Gasteiger partial charge in [0, 0.05) is 12.2 Å². The zero-order valence-electron chi connectivity index (χ0n) is 5.13. The molecule has 0 saturated carbocycles. The van der Waals surface area contributed by atoms with Gasteiger partial charge in [-0.05, 0) is 11.0 Å². The highest BCUT2D eigenvalue weighted by Gasteiger charge is 1.92. The molecule has 0 fully saturated rings. The quantitative estimate of drug-likeness (QED) is 0.498. The van der Waals surface area contributed by atoms with Crippen LogP contribution in [0.1, 0.15) is 6.42 Å². The monoisotopic (exact) mass is 136 g/mol. The van der Waals surface area contributed by atoms with E-state index in [0.29, 0.717) is 0 Å². The maximum atomic E-state index is 5.13. The number of hydrogen-bond donors (Lipinski definition) is 0. The highest BCUT2D eigenvalue weighted by atomic mass is 32.2. The Hall–Kier alpha value is -0.610. The molecule has 1 heteroatoms. The Bertz CT molecular complexity index is 181. The molecule has 0 radical (unpaired) electrons. The summed E-state index contributed by atoms with van der Waals surface area (Å²) in [5.74, 6) is 3.70. The second-order valence-electron chi connectivity index (χ2n) is 1.81. The maximum absolute atomic E-state index is 5.13. The van der Waals surface area contributed by atoms with Crippen LogP contribution >= 0.6 is 11.8 Å². The normalized spacial score (nSPS) is 16.6. The van der Waals surface area contributed by atoms with E-state index in [4.69, 9.17) is 6.42 Å². The molecule has 1 aliphatic rings. The van der Waals surface area contributed by atoms with E-state index < -0.39 is 0 Å². The minimum Gasteiger partial charge on any atom is -0.130 e. The topological polar surface area (TPSA) is 0 Å². The zero-order chi connectivity index (χ0) is 6.53. The molecule has 0 aliphatic carbocycles. The smallest absolute Gasteiger partial charge is 0.0342 e. The standard InChI is InChI=1S/C8H8S/c1-2-4-8-5-3-6-9-7-8/h1,3,5,7H,4,6H2. The lowest BCUT2D eigenvalue weighted by Crippen LogP contribution is -1.81. The van der Waals surface area contributed by atoms with Crippen LogP contribution in [0.3, 0.4) is 0 Å². The highest BCUT2D eigenvalue weighted by molar-refractivity contribution is 8.02. The molecule has 0 amide bonds. The molecule has 0 atom stereocenters. The Morgan fingerprint density at radius 3 is 3.22 bits per heavy atom. The summed E-state index contributed by atoms with van der Waals surface area (Å²) in [5.41, 5.74) is 1.26. The van der Waals surface area contributed by atoms with Gasteiger partial charge in [-0.3, -0.25) is 0 Å². The van der Waals surface area contributed by atoms with Crippen molar-refractivity contribution in [3.8, 4) is 12.3 Å². The molecule has 0 aromatic carbocycles. The third kappa shape index (κ3) is 1.99. The molecule has 0 unspecified atom stereocenters. The molecule has 0 N–H and O–H groups in total. The molecule has 0 saturated heterocycles. The summed E-state index contributed by atoms with van der Waals surface area (Å²) >= 11 is 1.80. The van der Waals surface area contributed by atoms with E-state index in [2.05, 4.69) is 23.5 Å². The van der Waals surface area contributed by atoms with Crippen molar-refractivity contribution in [2.45, 2.75) is 6.42 Å². The van der Waals surface area contributed by atoms with Crippen LogP contribution < -0.4 is 0 Å². The Kier molecular flexibility index (Phi) is 2.48. The first-order chi connectivity index (χ1) is 4.43. The lowest BCUT2D eigenvalue weighted by Gasteiger charge is -2.00. The fourth-order valence-corrected chi connectivity index (χ4v) is 1.35. The lowest BCUT2D eigenvalue weighted by molar-refractivity contribution is 1.34. The lowest BCUT2D eigenvalue weighted by atomic mass is 10.2. The van der Waals surface area contributed by atoms with Crippen molar-refractivity contribution in [3.05, 3.63) is 23.1 Å². The van der Waals surface area contributed by atoms with E-state index in [0.717, 1.165) is 12.2 Å². The average molecular weight is 136 g/mol. The van der Waals surface area contributed by atoms with E-state index >= 15 is 0 Å². The molecule has 1 aliphatic heterocycles. The fraction of sp³-hybridized carbons (Fsp3) is 0.250. The third-order valence-corrected chi connectivity index (χ3v) is 1.92. The number of allylic oxidation sites excluding steroid dienone is 2. The van der Waals surface area contributed by atoms with Crippen LogP contribution in [0.25, 0.3) is 0 Å². The van der Waals surface area contributed by atoms with Gasteiger partial charge < -0.3 is 0 Å². The van der Waals surface area contributed by atoms with Gasteiger partial charge in [0.15, 0.2) is 0 Å². The van der Waals surface area contributed by atoms with Crippen molar-refractivity contribution in [1.82, 2.24) is 0 Å². The third-order valence-electron chi connectivity index (χ3n) is 1.07. The van der Waals surface area contributed by atoms with Crippen LogP contribution in [-0.2, 0) is 0 Å². The average Bonchev–Trinajstić information content (AvgIpc) is 1.91. The molecule has 0 aromatic heterocycles. The molecule has 0 nitrogen and oxygen atoms in total. The van der Waals surface area contributed by atoms with E-state index in [1.807, 2.05) is 0 Å². The molecule has 0 aromatic rings. The van der Waals surface area contributed by atoms with E-state index in [-0.39, 0.29) is 0 Å². The van der Waals surface area contributed by atoms with Crippen LogP contribution in [0.15, 0.2) is 23.1 Å². The minimum atomic E-state index is 0.767. The van der Waals surface area contributed by atoms with Crippen LogP contribution in [0.5, 0.6) is 0 Å². The Labute approximate surface area is 60.0 Å². The van der Waals surface area contributed by atoms with E-state index in [1.54, 1.807) is 11.8 Å². The first-order valence-electron chi connectivity index (χ1n) is 2.84. The number of rotatable bonds is 1. The molecule has 1 rings (SSSR count). The van der Waals surface area contributed by atoms with Gasteiger partial charge in [-0.15, -0.1) is 24.1 Å². The van der Waals surface area contributed by atoms with Gasteiger partial charge in [-0.25, -0.2) is 0 Å². The van der Waals surface area contributed by atoms with Crippen molar-refractivity contribution in [1.29, 1.82) is 0 Å². The van der Waals surface area contributed by atoms with Gasteiger partial charge in [0.1, 0.15) is 0 Å². The fourth-order valence-electron chi connectivity index (χ4n) is 0.668. The highest BCUT2D eigenvalue weighted by Crippen LogP contribution is 2.16. The van der Waals surface area contributed by atoms with Gasteiger partial charge in [-0.1, -0.05) is 12.2 Å². The van der Waals surface area contributed by atoms with Gasteiger partial charge in [0.2, 0.25) is 0 Å². The maximum Gasteiger partial charge on any atom is 0.0342 e. The summed E-state index contributed by atoms with van der Waals surface area (Å²) in [4.78, 5) is 0. The summed E-state index contributed by atoms with van der Waals surface area (Å²) in [5, 5.41) is 2.12. The van der Waals surface area contributed by atoms with Crippen LogP contribution in [0.4, 0.5) is 0 Å². The van der Waals surface area contributed by atoms with E-state index in [1.165, 1.54) is 5.57 Å². The Balaban J connectivity index is 2.50. The number of hydrogen-bond acceptors (Lipinski definition) is 1. The van der Waals surface area contributed by atoms with Gasteiger partial charge in [-0.2, -0.15) is 0 Å². The van der Waals surface area contributed by atoms with Crippen LogP contribution in [0, 0.1) is 12.3 Å². The Morgan fingerprint density at radius 1 is 1.78 bits per heavy atom. The second kappa shape index (κ2) is 3.42. The largest absolute Gasteiger partial charge is 0.130 e. The molecular formula is C8H8S. The molecular weight excluding hydrogens is 128 g/mol.